The van der Waals surface area contributed by atoms with Crippen molar-refractivity contribution in [1.82, 2.24) is 0 Å². The van der Waals surface area contributed by atoms with Gasteiger partial charge in [-0.15, -0.1) is 0 Å². The third kappa shape index (κ3) is 15.7. The lowest BCUT2D eigenvalue weighted by Crippen LogP contribution is -1.78. The quantitative estimate of drug-likeness (QED) is 0.254. The van der Waals surface area contributed by atoms with E-state index in [0.717, 1.165) is 6.42 Å². The number of allylic oxidation sites excluding steroid dienone is 2. The highest BCUT2D eigenvalue weighted by atomic mass is 13.9. The maximum Gasteiger partial charge on any atom is -0.0351 e. The van der Waals surface area contributed by atoms with Gasteiger partial charge in [0.15, 0.2) is 0 Å². The van der Waals surface area contributed by atoms with Gasteiger partial charge in [-0.1, -0.05) is 83.8 Å². The molecule has 0 saturated heterocycles. The van der Waals surface area contributed by atoms with Crippen LogP contribution in [0, 0.1) is 6.92 Å². The molecule has 0 heteroatoms. The average Bonchev–Trinajstić information content (AvgIpc) is 2.35. The Labute approximate surface area is 110 Å². The maximum absolute atomic E-state index is 3.87. The Morgan fingerprint density at radius 1 is 0.647 bits per heavy atom. The van der Waals surface area contributed by atoms with E-state index in [9.17, 15) is 0 Å². The van der Waals surface area contributed by atoms with Gasteiger partial charge in [0.1, 0.15) is 0 Å². The molecule has 0 aromatic carbocycles. The normalized spacial score (nSPS) is 11.4. The van der Waals surface area contributed by atoms with Crippen molar-refractivity contribution in [2.75, 3.05) is 0 Å². The van der Waals surface area contributed by atoms with Gasteiger partial charge < -0.3 is 0 Å². The zero-order valence-electron chi connectivity index (χ0n) is 12.1. The van der Waals surface area contributed by atoms with E-state index in [1.54, 1.807) is 0 Å². The van der Waals surface area contributed by atoms with Gasteiger partial charge in [0.05, 0.1) is 0 Å². The second-order valence-corrected chi connectivity index (χ2v) is 5.08. The van der Waals surface area contributed by atoms with Gasteiger partial charge in [-0.25, -0.2) is 0 Å². The van der Waals surface area contributed by atoms with Crippen molar-refractivity contribution in [2.45, 2.75) is 90.4 Å². The summed E-state index contributed by atoms with van der Waals surface area (Å²) in [5, 5.41) is 0. The van der Waals surface area contributed by atoms with E-state index in [2.05, 4.69) is 26.0 Å². The fourth-order valence-electron chi connectivity index (χ4n) is 2.07. The van der Waals surface area contributed by atoms with E-state index in [1.165, 1.54) is 77.0 Å². The lowest BCUT2D eigenvalue weighted by Gasteiger charge is -1.98. The van der Waals surface area contributed by atoms with Gasteiger partial charge in [-0.2, -0.15) is 0 Å². The van der Waals surface area contributed by atoms with Gasteiger partial charge in [0.25, 0.3) is 0 Å². The number of hydrogen-bond donors (Lipinski definition) is 0. The van der Waals surface area contributed by atoms with E-state index < -0.39 is 0 Å². The molecule has 1 radical (unpaired) electrons. The van der Waals surface area contributed by atoms with E-state index >= 15 is 0 Å². The minimum absolute atomic E-state index is 1.11. The third-order valence-corrected chi connectivity index (χ3v) is 3.26. The predicted molar refractivity (Wildman–Crippen MR) is 80.2 cm³/mol. The average molecular weight is 237 g/mol. The van der Waals surface area contributed by atoms with Gasteiger partial charge in [0, 0.05) is 0 Å². The predicted octanol–water partition coefficient (Wildman–Crippen LogP) is 6.47. The van der Waals surface area contributed by atoms with Crippen LogP contribution in [0.1, 0.15) is 90.4 Å². The smallest absolute Gasteiger partial charge is 0.0351 e. The monoisotopic (exact) mass is 237 g/mol. The first-order valence-corrected chi connectivity index (χ1v) is 7.86. The molecular weight excluding hydrogens is 204 g/mol. The second-order valence-electron chi connectivity index (χ2n) is 5.08. The summed E-state index contributed by atoms with van der Waals surface area (Å²) in [6, 6.07) is 0. The van der Waals surface area contributed by atoms with Crippen LogP contribution in [0.25, 0.3) is 0 Å². The van der Waals surface area contributed by atoms with Crippen LogP contribution in [-0.4, -0.2) is 0 Å². The SMILES string of the molecule is [CH2]CCCCCC/C=C\CCCCCCCC. The first kappa shape index (κ1) is 16.7. The Kier molecular flexibility index (Phi) is 15.5. The molecule has 0 bridgehead atoms. The molecule has 0 spiro atoms. The zero-order valence-corrected chi connectivity index (χ0v) is 12.1. The lowest BCUT2D eigenvalue weighted by molar-refractivity contribution is 0.610. The van der Waals surface area contributed by atoms with Crippen molar-refractivity contribution < 1.29 is 0 Å². The standard InChI is InChI=1S/C17H33/c1-3-5-7-9-11-13-15-17-16-14-12-10-8-6-4-2/h15,17H,1,3-14,16H2,2H3/b17-15-. The molecule has 0 aromatic heterocycles. The van der Waals surface area contributed by atoms with E-state index in [1.807, 2.05) is 0 Å². The molecule has 0 atom stereocenters. The summed E-state index contributed by atoms with van der Waals surface area (Å²) in [6.07, 6.45) is 22.4. The van der Waals surface area contributed by atoms with E-state index in [0.29, 0.717) is 0 Å². The lowest BCUT2D eigenvalue weighted by atomic mass is 10.1. The zero-order chi connectivity index (χ0) is 12.6. The van der Waals surface area contributed by atoms with Crippen molar-refractivity contribution in [3.05, 3.63) is 19.1 Å². The van der Waals surface area contributed by atoms with Crippen molar-refractivity contribution in [2.24, 2.45) is 0 Å². The summed E-state index contributed by atoms with van der Waals surface area (Å²) in [5.41, 5.74) is 0. The number of unbranched alkanes of at least 4 members (excludes halogenated alkanes) is 11. The van der Waals surface area contributed by atoms with Gasteiger partial charge >= 0.3 is 0 Å². The molecule has 0 aromatic rings. The summed E-state index contributed by atoms with van der Waals surface area (Å²) in [6.45, 7) is 6.14. The van der Waals surface area contributed by atoms with Crippen molar-refractivity contribution in [1.29, 1.82) is 0 Å². The molecule has 0 N–H and O–H groups in total. The van der Waals surface area contributed by atoms with E-state index in [4.69, 9.17) is 0 Å². The largest absolute Gasteiger partial charge is 0.0885 e. The van der Waals surface area contributed by atoms with Crippen LogP contribution in [-0.2, 0) is 0 Å². The Bertz CT molecular complexity index is 146. The summed E-state index contributed by atoms with van der Waals surface area (Å²) < 4.78 is 0. The Morgan fingerprint density at radius 3 is 1.65 bits per heavy atom. The molecule has 101 valence electrons. The van der Waals surface area contributed by atoms with E-state index in [-0.39, 0.29) is 0 Å². The number of hydrogen-bond acceptors (Lipinski definition) is 0. The highest BCUT2D eigenvalue weighted by molar-refractivity contribution is 4.81. The minimum atomic E-state index is 1.11. The molecule has 0 rings (SSSR count). The molecule has 0 aliphatic rings. The molecule has 0 saturated carbocycles. The maximum atomic E-state index is 3.87. The minimum Gasteiger partial charge on any atom is -0.0885 e. The van der Waals surface area contributed by atoms with Crippen LogP contribution in [0.15, 0.2) is 12.2 Å². The van der Waals surface area contributed by atoms with Crippen LogP contribution >= 0.6 is 0 Å². The van der Waals surface area contributed by atoms with Crippen molar-refractivity contribution in [3.63, 3.8) is 0 Å². The molecular formula is C17H33. The molecule has 0 nitrogen and oxygen atoms in total. The summed E-state index contributed by atoms with van der Waals surface area (Å²) in [4.78, 5) is 0. The van der Waals surface area contributed by atoms with Crippen molar-refractivity contribution in [3.8, 4) is 0 Å². The van der Waals surface area contributed by atoms with Gasteiger partial charge in [-0.05, 0) is 25.7 Å². The first-order valence-electron chi connectivity index (χ1n) is 7.86. The highest BCUT2D eigenvalue weighted by Gasteiger charge is 1.89. The molecule has 0 aliphatic heterocycles. The molecule has 0 amide bonds. The Morgan fingerprint density at radius 2 is 1.12 bits per heavy atom. The molecule has 0 heterocycles. The topological polar surface area (TPSA) is 0 Å². The molecule has 0 aliphatic carbocycles. The Hall–Kier alpha value is -0.260. The van der Waals surface area contributed by atoms with Gasteiger partial charge in [0.2, 0.25) is 0 Å². The molecule has 0 unspecified atom stereocenters. The fraction of sp³-hybridized carbons (Fsp3) is 0.824. The summed E-state index contributed by atoms with van der Waals surface area (Å²) >= 11 is 0. The molecule has 0 fully saturated rings. The highest BCUT2D eigenvalue weighted by Crippen LogP contribution is 2.08. The van der Waals surface area contributed by atoms with Crippen LogP contribution < -0.4 is 0 Å². The fourth-order valence-corrected chi connectivity index (χ4v) is 2.07. The van der Waals surface area contributed by atoms with Gasteiger partial charge in [-0.3, -0.25) is 0 Å². The van der Waals surface area contributed by atoms with Crippen LogP contribution in [0.4, 0.5) is 0 Å². The van der Waals surface area contributed by atoms with Crippen LogP contribution in [0.2, 0.25) is 0 Å². The number of rotatable bonds is 13. The summed E-state index contributed by atoms with van der Waals surface area (Å²) in [5.74, 6) is 0. The molecule has 17 heavy (non-hydrogen) atoms. The van der Waals surface area contributed by atoms with Crippen molar-refractivity contribution >= 4 is 0 Å². The van der Waals surface area contributed by atoms with Crippen LogP contribution in [0.3, 0.4) is 0 Å². The Balaban J connectivity index is 2.99. The first-order chi connectivity index (χ1) is 8.41. The third-order valence-electron chi connectivity index (χ3n) is 3.26. The summed E-state index contributed by atoms with van der Waals surface area (Å²) in [7, 11) is 0. The second kappa shape index (κ2) is 15.7. The van der Waals surface area contributed by atoms with Crippen LogP contribution in [0.5, 0.6) is 0 Å².